The lowest BCUT2D eigenvalue weighted by Crippen LogP contribution is -2.25. The van der Waals surface area contributed by atoms with Crippen LogP contribution < -0.4 is 0 Å². The first kappa shape index (κ1) is 11.2. The average molecular weight is 194 g/mol. The summed E-state index contributed by atoms with van der Waals surface area (Å²) in [6, 6.07) is 7.51. The summed E-state index contributed by atoms with van der Waals surface area (Å²) in [5.41, 5.74) is 0.880. The number of hydrogen-bond acceptors (Lipinski definition) is 2. The van der Waals surface area contributed by atoms with Crippen molar-refractivity contribution in [1.29, 1.82) is 0 Å². The van der Waals surface area contributed by atoms with Gasteiger partial charge in [-0.15, -0.1) is 0 Å². The van der Waals surface area contributed by atoms with Crippen LogP contribution in [-0.2, 0) is 12.2 Å². The highest BCUT2D eigenvalue weighted by atomic mass is 16.3. The van der Waals surface area contributed by atoms with Crippen LogP contribution in [0.4, 0.5) is 0 Å². The van der Waals surface area contributed by atoms with Crippen molar-refractivity contribution in [1.82, 2.24) is 0 Å². The molecular formula is C12H18O2. The molecule has 1 aromatic rings. The van der Waals surface area contributed by atoms with E-state index in [0.29, 0.717) is 12.8 Å². The monoisotopic (exact) mass is 194 g/mol. The van der Waals surface area contributed by atoms with E-state index < -0.39 is 5.60 Å². The fourth-order valence-electron chi connectivity index (χ4n) is 1.74. The molecule has 2 N–H and O–H groups in total. The van der Waals surface area contributed by atoms with Crippen LogP contribution in [-0.4, -0.2) is 10.2 Å². The van der Waals surface area contributed by atoms with E-state index in [4.69, 9.17) is 5.11 Å². The van der Waals surface area contributed by atoms with Crippen molar-refractivity contribution in [3.63, 3.8) is 0 Å². The lowest BCUT2D eigenvalue weighted by molar-refractivity contribution is 0.0264. The average Bonchev–Trinajstić information content (AvgIpc) is 2.28. The topological polar surface area (TPSA) is 40.5 Å². The second-order valence-electron chi connectivity index (χ2n) is 3.55. The zero-order chi connectivity index (χ0) is 10.6. The summed E-state index contributed by atoms with van der Waals surface area (Å²) in [5.74, 6) is 0. The zero-order valence-electron chi connectivity index (χ0n) is 8.83. The van der Waals surface area contributed by atoms with Crippen LogP contribution in [0.15, 0.2) is 24.3 Å². The Morgan fingerprint density at radius 1 is 1.14 bits per heavy atom. The Morgan fingerprint density at radius 3 is 2.21 bits per heavy atom. The molecule has 1 rings (SSSR count). The second-order valence-corrected chi connectivity index (χ2v) is 3.55. The first-order chi connectivity index (χ1) is 6.68. The number of hydrogen-bond donors (Lipinski definition) is 2. The summed E-state index contributed by atoms with van der Waals surface area (Å²) in [7, 11) is 0. The molecule has 0 aliphatic heterocycles. The lowest BCUT2D eigenvalue weighted by Gasteiger charge is -2.27. The van der Waals surface area contributed by atoms with Crippen molar-refractivity contribution < 1.29 is 10.2 Å². The molecule has 0 saturated carbocycles. The van der Waals surface area contributed by atoms with Gasteiger partial charge in [0, 0.05) is 0 Å². The highest BCUT2D eigenvalue weighted by molar-refractivity contribution is 5.31. The van der Waals surface area contributed by atoms with Crippen molar-refractivity contribution in [3.05, 3.63) is 35.4 Å². The molecule has 0 heterocycles. The van der Waals surface area contributed by atoms with E-state index in [1.807, 2.05) is 38.1 Å². The van der Waals surface area contributed by atoms with Crippen molar-refractivity contribution in [2.75, 3.05) is 0 Å². The third kappa shape index (κ3) is 1.97. The first-order valence-electron chi connectivity index (χ1n) is 5.09. The molecule has 0 amide bonds. The Labute approximate surface area is 85.2 Å². The van der Waals surface area contributed by atoms with Crippen LogP contribution in [0.2, 0.25) is 0 Å². The molecule has 0 unspecified atom stereocenters. The van der Waals surface area contributed by atoms with Gasteiger partial charge in [-0.1, -0.05) is 38.1 Å². The largest absolute Gasteiger partial charge is 0.392 e. The Hall–Kier alpha value is -0.860. The molecule has 0 spiro atoms. The van der Waals surface area contributed by atoms with Crippen molar-refractivity contribution in [2.45, 2.75) is 38.9 Å². The number of benzene rings is 1. The summed E-state index contributed by atoms with van der Waals surface area (Å²) in [6.45, 7) is 3.90. The summed E-state index contributed by atoms with van der Waals surface area (Å²) in [5, 5.41) is 19.5. The van der Waals surface area contributed by atoms with Gasteiger partial charge < -0.3 is 10.2 Å². The molecule has 2 nitrogen and oxygen atoms in total. The van der Waals surface area contributed by atoms with Crippen molar-refractivity contribution in [2.24, 2.45) is 0 Å². The minimum absolute atomic E-state index is 0.0154. The van der Waals surface area contributed by atoms with Gasteiger partial charge in [0.2, 0.25) is 0 Å². The maximum absolute atomic E-state index is 10.3. The number of aliphatic hydroxyl groups is 2. The molecule has 0 radical (unpaired) electrons. The molecule has 1 aromatic carbocycles. The Morgan fingerprint density at radius 2 is 1.71 bits per heavy atom. The highest BCUT2D eigenvalue weighted by Gasteiger charge is 2.26. The standard InChI is InChI=1S/C12H18O2/c1-3-12(14,4-2)11-8-6-5-7-10(11)9-13/h5-8,13-14H,3-4,9H2,1-2H3. The van der Waals surface area contributed by atoms with Gasteiger partial charge >= 0.3 is 0 Å². The van der Waals surface area contributed by atoms with Gasteiger partial charge in [0.1, 0.15) is 0 Å². The molecule has 0 aromatic heterocycles. The summed E-state index contributed by atoms with van der Waals surface area (Å²) >= 11 is 0. The van der Waals surface area contributed by atoms with E-state index in [9.17, 15) is 5.11 Å². The maximum Gasteiger partial charge on any atom is 0.0894 e. The van der Waals surface area contributed by atoms with Gasteiger partial charge in [-0.2, -0.15) is 0 Å². The highest BCUT2D eigenvalue weighted by Crippen LogP contribution is 2.30. The zero-order valence-corrected chi connectivity index (χ0v) is 8.83. The Bertz CT molecular complexity index is 290. The smallest absolute Gasteiger partial charge is 0.0894 e. The SMILES string of the molecule is CCC(O)(CC)c1ccccc1CO. The van der Waals surface area contributed by atoms with Crippen LogP contribution in [0.3, 0.4) is 0 Å². The fourth-order valence-corrected chi connectivity index (χ4v) is 1.74. The van der Waals surface area contributed by atoms with Crippen LogP contribution >= 0.6 is 0 Å². The third-order valence-corrected chi connectivity index (χ3v) is 2.86. The van der Waals surface area contributed by atoms with Gasteiger partial charge in [0.15, 0.2) is 0 Å². The predicted octanol–water partition coefficient (Wildman–Crippen LogP) is 2.19. The normalized spacial score (nSPS) is 11.7. The summed E-state index contributed by atoms with van der Waals surface area (Å²) in [4.78, 5) is 0. The quantitative estimate of drug-likeness (QED) is 0.771. The van der Waals surface area contributed by atoms with E-state index in [-0.39, 0.29) is 6.61 Å². The molecule has 0 saturated heterocycles. The van der Waals surface area contributed by atoms with Gasteiger partial charge in [-0.25, -0.2) is 0 Å². The van der Waals surface area contributed by atoms with E-state index in [1.165, 1.54) is 0 Å². The summed E-state index contributed by atoms with van der Waals surface area (Å²) in [6.07, 6.45) is 1.33. The van der Waals surface area contributed by atoms with Gasteiger partial charge in [-0.3, -0.25) is 0 Å². The Balaban J connectivity index is 3.15. The van der Waals surface area contributed by atoms with E-state index in [2.05, 4.69) is 0 Å². The van der Waals surface area contributed by atoms with Crippen LogP contribution in [0.5, 0.6) is 0 Å². The van der Waals surface area contributed by atoms with Crippen molar-refractivity contribution in [3.8, 4) is 0 Å². The minimum atomic E-state index is -0.792. The molecule has 0 aliphatic rings. The molecule has 0 atom stereocenters. The van der Waals surface area contributed by atoms with E-state index in [1.54, 1.807) is 0 Å². The minimum Gasteiger partial charge on any atom is -0.392 e. The van der Waals surface area contributed by atoms with Gasteiger partial charge in [0.25, 0.3) is 0 Å². The van der Waals surface area contributed by atoms with Crippen molar-refractivity contribution >= 4 is 0 Å². The molecular weight excluding hydrogens is 176 g/mol. The molecule has 2 heteroatoms. The molecule has 78 valence electrons. The third-order valence-electron chi connectivity index (χ3n) is 2.86. The Kier molecular flexibility index (Phi) is 3.67. The molecule has 0 aliphatic carbocycles. The molecule has 0 fully saturated rings. The first-order valence-corrected chi connectivity index (χ1v) is 5.09. The fraction of sp³-hybridized carbons (Fsp3) is 0.500. The number of rotatable bonds is 4. The van der Waals surface area contributed by atoms with Crippen LogP contribution in [0.25, 0.3) is 0 Å². The molecule has 0 bridgehead atoms. The van der Waals surface area contributed by atoms with Gasteiger partial charge in [-0.05, 0) is 24.0 Å². The van der Waals surface area contributed by atoms with Crippen LogP contribution in [0, 0.1) is 0 Å². The lowest BCUT2D eigenvalue weighted by atomic mass is 9.85. The van der Waals surface area contributed by atoms with E-state index in [0.717, 1.165) is 11.1 Å². The second kappa shape index (κ2) is 4.58. The van der Waals surface area contributed by atoms with E-state index >= 15 is 0 Å². The van der Waals surface area contributed by atoms with Gasteiger partial charge in [0.05, 0.1) is 12.2 Å². The maximum atomic E-state index is 10.3. The summed E-state index contributed by atoms with van der Waals surface area (Å²) < 4.78 is 0. The predicted molar refractivity (Wildman–Crippen MR) is 56.8 cm³/mol. The van der Waals surface area contributed by atoms with Crippen LogP contribution in [0.1, 0.15) is 37.8 Å². The number of aliphatic hydroxyl groups excluding tert-OH is 1. The molecule has 14 heavy (non-hydrogen) atoms.